The fraction of sp³-hybridized carbons (Fsp3) is 0.905. The van der Waals surface area contributed by atoms with Gasteiger partial charge in [0.15, 0.2) is 0 Å². The summed E-state index contributed by atoms with van der Waals surface area (Å²) >= 11 is 0. The van der Waals surface area contributed by atoms with Crippen molar-refractivity contribution >= 4 is 12.1 Å². The van der Waals surface area contributed by atoms with Gasteiger partial charge in [0.1, 0.15) is 6.04 Å². The van der Waals surface area contributed by atoms with Gasteiger partial charge in [-0.25, -0.2) is 9.59 Å². The predicted octanol–water partition coefficient (Wildman–Crippen LogP) is 5.76. The van der Waals surface area contributed by atoms with Gasteiger partial charge in [-0.05, 0) is 13.3 Å². The highest BCUT2D eigenvalue weighted by atomic mass is 16.5. The molecular formula is C21H41NO4. The molecule has 0 aromatic carbocycles. The first-order valence-corrected chi connectivity index (χ1v) is 10.6. The van der Waals surface area contributed by atoms with E-state index in [0.29, 0.717) is 6.61 Å². The third-order valence-electron chi connectivity index (χ3n) is 4.62. The second kappa shape index (κ2) is 18.5. The van der Waals surface area contributed by atoms with E-state index in [4.69, 9.17) is 4.74 Å². The molecule has 0 bridgehead atoms. The molecule has 1 amide bonds. The summed E-state index contributed by atoms with van der Waals surface area (Å²) in [6.45, 7) is 4.27. The molecule has 0 aliphatic heterocycles. The fourth-order valence-corrected chi connectivity index (χ4v) is 2.89. The van der Waals surface area contributed by atoms with E-state index < -0.39 is 18.1 Å². The minimum atomic E-state index is -0.672. The average molecular weight is 372 g/mol. The molecule has 0 aliphatic carbocycles. The smallest absolute Gasteiger partial charge is 0.407 e. The number of ether oxygens (including phenoxy) is 2. The molecule has 1 N–H and O–H groups in total. The van der Waals surface area contributed by atoms with Gasteiger partial charge >= 0.3 is 12.1 Å². The Hall–Kier alpha value is -1.26. The van der Waals surface area contributed by atoms with Gasteiger partial charge in [0.25, 0.3) is 0 Å². The second-order valence-corrected chi connectivity index (χ2v) is 7.12. The van der Waals surface area contributed by atoms with Crippen LogP contribution in [0, 0.1) is 0 Å². The molecule has 0 spiro atoms. The van der Waals surface area contributed by atoms with E-state index in [1.807, 2.05) is 0 Å². The standard InChI is InChI=1S/C21H41NO4/c1-4-5-6-7-8-9-10-11-12-13-14-15-16-17-18-26-20(23)19(2)22-21(24)25-3/h19H,4-18H2,1-3H3,(H,22,24)/t19-/m0/s1. The van der Waals surface area contributed by atoms with Crippen molar-refractivity contribution in [3.8, 4) is 0 Å². The fourth-order valence-electron chi connectivity index (χ4n) is 2.89. The molecule has 154 valence electrons. The highest BCUT2D eigenvalue weighted by Gasteiger charge is 2.16. The Morgan fingerprint density at radius 3 is 1.62 bits per heavy atom. The number of unbranched alkanes of at least 4 members (excludes halogenated alkanes) is 13. The van der Waals surface area contributed by atoms with Crippen LogP contribution in [0.4, 0.5) is 4.79 Å². The molecule has 0 heterocycles. The maximum absolute atomic E-state index is 11.6. The minimum absolute atomic E-state index is 0.412. The Labute approximate surface area is 160 Å². The van der Waals surface area contributed by atoms with Crippen LogP contribution in [0.5, 0.6) is 0 Å². The molecule has 26 heavy (non-hydrogen) atoms. The van der Waals surface area contributed by atoms with Gasteiger partial charge in [-0.15, -0.1) is 0 Å². The van der Waals surface area contributed by atoms with Gasteiger partial charge in [0.2, 0.25) is 0 Å². The predicted molar refractivity (Wildman–Crippen MR) is 106 cm³/mol. The summed E-state index contributed by atoms with van der Waals surface area (Å²) in [4.78, 5) is 22.6. The average Bonchev–Trinajstić information content (AvgIpc) is 2.64. The summed E-state index contributed by atoms with van der Waals surface area (Å²) in [6, 6.07) is -0.672. The molecule has 5 heteroatoms. The molecule has 0 saturated carbocycles. The number of methoxy groups -OCH3 is 1. The van der Waals surface area contributed by atoms with Crippen LogP contribution in [0.2, 0.25) is 0 Å². The Bertz CT molecular complexity index is 347. The summed E-state index contributed by atoms with van der Waals surface area (Å²) in [5, 5.41) is 2.40. The van der Waals surface area contributed by atoms with Gasteiger partial charge in [-0.1, -0.05) is 90.4 Å². The van der Waals surface area contributed by atoms with Crippen LogP contribution in [0.3, 0.4) is 0 Å². The van der Waals surface area contributed by atoms with Crippen molar-refractivity contribution in [2.75, 3.05) is 13.7 Å². The number of nitrogens with one attached hydrogen (secondary N) is 1. The number of rotatable bonds is 17. The molecule has 0 fully saturated rings. The monoisotopic (exact) mass is 371 g/mol. The minimum Gasteiger partial charge on any atom is -0.464 e. The van der Waals surface area contributed by atoms with Crippen molar-refractivity contribution in [3.05, 3.63) is 0 Å². The normalized spacial score (nSPS) is 11.8. The van der Waals surface area contributed by atoms with Crippen molar-refractivity contribution in [2.45, 2.75) is 110 Å². The molecular weight excluding hydrogens is 330 g/mol. The van der Waals surface area contributed by atoms with Crippen LogP contribution in [0.1, 0.15) is 104 Å². The van der Waals surface area contributed by atoms with Gasteiger partial charge in [-0.3, -0.25) is 0 Å². The van der Waals surface area contributed by atoms with Crippen LogP contribution in [-0.4, -0.2) is 31.8 Å². The number of amides is 1. The molecule has 0 rings (SSSR count). The zero-order valence-electron chi connectivity index (χ0n) is 17.3. The molecule has 5 nitrogen and oxygen atoms in total. The first kappa shape index (κ1) is 24.7. The number of hydrogen-bond acceptors (Lipinski definition) is 4. The lowest BCUT2D eigenvalue weighted by atomic mass is 10.0. The van der Waals surface area contributed by atoms with Gasteiger partial charge in [0, 0.05) is 0 Å². The van der Waals surface area contributed by atoms with Gasteiger partial charge in [0.05, 0.1) is 13.7 Å². The lowest BCUT2D eigenvalue weighted by Gasteiger charge is -2.12. The van der Waals surface area contributed by atoms with Gasteiger partial charge in [-0.2, -0.15) is 0 Å². The maximum atomic E-state index is 11.6. The Kier molecular flexibility index (Phi) is 17.6. The number of carbonyl (C=O) groups is 2. The molecule has 0 unspecified atom stereocenters. The molecule has 0 aromatic heterocycles. The van der Waals surface area contributed by atoms with E-state index in [1.54, 1.807) is 6.92 Å². The van der Waals surface area contributed by atoms with Crippen molar-refractivity contribution in [2.24, 2.45) is 0 Å². The largest absolute Gasteiger partial charge is 0.464 e. The lowest BCUT2D eigenvalue weighted by molar-refractivity contribution is -0.145. The van der Waals surface area contributed by atoms with Crippen LogP contribution in [0.15, 0.2) is 0 Å². The van der Waals surface area contributed by atoms with Crippen molar-refractivity contribution in [1.82, 2.24) is 5.32 Å². The Balaban J connectivity index is 3.26. The van der Waals surface area contributed by atoms with Crippen LogP contribution < -0.4 is 5.32 Å². The van der Waals surface area contributed by atoms with E-state index in [9.17, 15) is 9.59 Å². The summed E-state index contributed by atoms with van der Waals surface area (Å²) in [6.07, 6.45) is 17.6. The van der Waals surface area contributed by atoms with E-state index in [2.05, 4.69) is 17.0 Å². The van der Waals surface area contributed by atoms with Crippen LogP contribution >= 0.6 is 0 Å². The zero-order valence-corrected chi connectivity index (χ0v) is 17.3. The van der Waals surface area contributed by atoms with E-state index >= 15 is 0 Å². The van der Waals surface area contributed by atoms with Crippen molar-refractivity contribution < 1.29 is 19.1 Å². The third kappa shape index (κ3) is 16.2. The molecule has 0 saturated heterocycles. The lowest BCUT2D eigenvalue weighted by Crippen LogP contribution is -2.39. The zero-order chi connectivity index (χ0) is 19.5. The van der Waals surface area contributed by atoms with E-state index in [-0.39, 0.29) is 0 Å². The number of carbonyl (C=O) groups excluding carboxylic acids is 2. The van der Waals surface area contributed by atoms with Crippen LogP contribution in [0.25, 0.3) is 0 Å². The summed E-state index contributed by atoms with van der Waals surface area (Å²) < 4.78 is 9.59. The van der Waals surface area contributed by atoms with Gasteiger partial charge < -0.3 is 14.8 Å². The maximum Gasteiger partial charge on any atom is 0.407 e. The summed E-state index contributed by atoms with van der Waals surface area (Å²) in [5.74, 6) is -0.412. The molecule has 0 radical (unpaired) electrons. The molecule has 0 aromatic rings. The first-order valence-electron chi connectivity index (χ1n) is 10.6. The van der Waals surface area contributed by atoms with E-state index in [0.717, 1.165) is 12.8 Å². The topological polar surface area (TPSA) is 64.6 Å². The number of alkyl carbamates (subject to hydrolysis) is 1. The Morgan fingerprint density at radius 2 is 1.19 bits per heavy atom. The quantitative estimate of drug-likeness (QED) is 0.261. The molecule has 0 aliphatic rings. The second-order valence-electron chi connectivity index (χ2n) is 7.12. The van der Waals surface area contributed by atoms with Crippen molar-refractivity contribution in [1.29, 1.82) is 0 Å². The van der Waals surface area contributed by atoms with Crippen molar-refractivity contribution in [3.63, 3.8) is 0 Å². The SMILES string of the molecule is CCCCCCCCCCCCCCCCOC(=O)[C@H](C)NC(=O)OC. The van der Waals surface area contributed by atoms with Crippen LogP contribution in [-0.2, 0) is 14.3 Å². The first-order chi connectivity index (χ1) is 12.6. The third-order valence-corrected chi connectivity index (χ3v) is 4.62. The molecule has 1 atom stereocenters. The summed E-state index contributed by atoms with van der Waals surface area (Å²) in [7, 11) is 1.27. The Morgan fingerprint density at radius 1 is 0.769 bits per heavy atom. The summed E-state index contributed by atoms with van der Waals surface area (Å²) in [5.41, 5.74) is 0. The van der Waals surface area contributed by atoms with E-state index in [1.165, 1.54) is 84.2 Å². The highest BCUT2D eigenvalue weighted by molar-refractivity contribution is 5.80. The number of esters is 1. The highest BCUT2D eigenvalue weighted by Crippen LogP contribution is 2.12. The number of hydrogen-bond donors (Lipinski definition) is 1.